The molecule has 1 aliphatic carbocycles. The molecule has 1 saturated carbocycles. The van der Waals surface area contributed by atoms with Crippen molar-refractivity contribution in [3.8, 4) is 0 Å². The lowest BCUT2D eigenvalue weighted by Crippen LogP contribution is -2.47. The highest BCUT2D eigenvalue weighted by molar-refractivity contribution is 5.74. The van der Waals surface area contributed by atoms with Crippen LogP contribution in [0.5, 0.6) is 0 Å². The van der Waals surface area contributed by atoms with E-state index in [4.69, 9.17) is 0 Å². The number of hydrogen-bond acceptors (Lipinski definition) is 1. The number of hydrogen-bond donors (Lipinski definition) is 2. The van der Waals surface area contributed by atoms with Crippen molar-refractivity contribution >= 4 is 6.03 Å². The van der Waals surface area contributed by atoms with E-state index >= 15 is 0 Å². The summed E-state index contributed by atoms with van der Waals surface area (Å²) < 4.78 is 48.3. The molecule has 0 aromatic heterocycles. The van der Waals surface area contributed by atoms with Crippen molar-refractivity contribution in [3.63, 3.8) is 0 Å². The van der Waals surface area contributed by atoms with Crippen LogP contribution in [-0.4, -0.2) is 31.0 Å². The maximum Gasteiger partial charge on any atom is 0.324 e. The van der Waals surface area contributed by atoms with Gasteiger partial charge < -0.3 is 10.6 Å². The smallest absolute Gasteiger partial charge is 0.324 e. The quantitative estimate of drug-likeness (QED) is 0.728. The molecular weight excluding hydrogens is 228 g/mol. The van der Waals surface area contributed by atoms with Crippen LogP contribution in [0.3, 0.4) is 0 Å². The Morgan fingerprint density at radius 3 is 2.38 bits per heavy atom. The summed E-state index contributed by atoms with van der Waals surface area (Å²) in [7, 11) is 0. The normalized spacial score (nSPS) is 17.8. The molecule has 0 unspecified atom stereocenters. The van der Waals surface area contributed by atoms with E-state index in [1.54, 1.807) is 5.32 Å². The SMILES string of the molecule is O=C(NCC(F)(F)C(F)F)NC1CCCC1. The Kier molecular flexibility index (Phi) is 4.37. The lowest BCUT2D eigenvalue weighted by Gasteiger charge is -2.17. The molecule has 3 nitrogen and oxygen atoms in total. The highest BCUT2D eigenvalue weighted by atomic mass is 19.3. The van der Waals surface area contributed by atoms with Crippen molar-refractivity contribution in [2.45, 2.75) is 44.1 Å². The van der Waals surface area contributed by atoms with E-state index in [2.05, 4.69) is 5.32 Å². The molecule has 2 N–H and O–H groups in total. The van der Waals surface area contributed by atoms with E-state index in [1.165, 1.54) is 0 Å². The van der Waals surface area contributed by atoms with E-state index in [0.717, 1.165) is 25.7 Å². The monoisotopic (exact) mass is 242 g/mol. The number of carbonyl (C=O) groups excluding carboxylic acids is 1. The molecule has 0 spiro atoms. The predicted octanol–water partition coefficient (Wildman–Crippen LogP) is 2.13. The maximum absolute atomic E-state index is 12.4. The number of nitrogens with one attached hydrogen (secondary N) is 2. The van der Waals surface area contributed by atoms with Gasteiger partial charge in [0.1, 0.15) is 0 Å². The standard InChI is InChI=1S/C9H14F4N2O/c10-7(11)9(12,13)5-14-8(16)15-6-3-1-2-4-6/h6-7H,1-5H2,(H2,14,15,16). The molecule has 2 amide bonds. The molecule has 0 radical (unpaired) electrons. The predicted molar refractivity (Wildman–Crippen MR) is 49.7 cm³/mol. The zero-order valence-electron chi connectivity index (χ0n) is 8.61. The molecule has 1 aliphatic rings. The summed E-state index contributed by atoms with van der Waals surface area (Å²) in [5.74, 6) is -4.17. The Hall–Kier alpha value is -1.01. The summed E-state index contributed by atoms with van der Waals surface area (Å²) in [5.41, 5.74) is 0. The number of amides is 2. The molecule has 94 valence electrons. The second kappa shape index (κ2) is 5.36. The third kappa shape index (κ3) is 3.86. The molecular formula is C9H14F4N2O. The van der Waals surface area contributed by atoms with Crippen LogP contribution < -0.4 is 10.6 Å². The lowest BCUT2D eigenvalue weighted by molar-refractivity contribution is -0.123. The van der Waals surface area contributed by atoms with Crippen LogP contribution in [0.15, 0.2) is 0 Å². The van der Waals surface area contributed by atoms with Gasteiger partial charge in [-0.15, -0.1) is 0 Å². The van der Waals surface area contributed by atoms with Gasteiger partial charge in [-0.05, 0) is 12.8 Å². The second-order valence-corrected chi connectivity index (χ2v) is 3.87. The van der Waals surface area contributed by atoms with Gasteiger partial charge in [0.25, 0.3) is 0 Å². The van der Waals surface area contributed by atoms with Crippen molar-refractivity contribution in [1.29, 1.82) is 0 Å². The molecule has 0 heterocycles. The summed E-state index contributed by atoms with van der Waals surface area (Å²) in [6.45, 7) is -1.34. The average Bonchev–Trinajstić information content (AvgIpc) is 2.67. The van der Waals surface area contributed by atoms with Gasteiger partial charge in [-0.1, -0.05) is 12.8 Å². The number of rotatable bonds is 4. The van der Waals surface area contributed by atoms with Crippen LogP contribution >= 0.6 is 0 Å². The first-order chi connectivity index (χ1) is 7.42. The lowest BCUT2D eigenvalue weighted by atomic mass is 10.2. The second-order valence-electron chi connectivity index (χ2n) is 3.87. The fourth-order valence-electron chi connectivity index (χ4n) is 1.58. The Morgan fingerprint density at radius 1 is 1.31 bits per heavy atom. The first kappa shape index (κ1) is 13.1. The Bertz CT molecular complexity index is 242. The van der Waals surface area contributed by atoms with Gasteiger partial charge in [0.2, 0.25) is 0 Å². The minimum Gasteiger partial charge on any atom is -0.335 e. The van der Waals surface area contributed by atoms with E-state index in [-0.39, 0.29) is 6.04 Å². The van der Waals surface area contributed by atoms with Crippen LogP contribution in [0.1, 0.15) is 25.7 Å². The van der Waals surface area contributed by atoms with E-state index < -0.39 is 24.9 Å². The number of carbonyl (C=O) groups is 1. The van der Waals surface area contributed by atoms with Crippen molar-refractivity contribution < 1.29 is 22.4 Å². The van der Waals surface area contributed by atoms with Gasteiger partial charge >= 0.3 is 18.4 Å². The summed E-state index contributed by atoms with van der Waals surface area (Å²) >= 11 is 0. The summed E-state index contributed by atoms with van der Waals surface area (Å²) in [6, 6.07) is -0.840. The Balaban J connectivity index is 2.24. The van der Waals surface area contributed by atoms with Gasteiger partial charge in [-0.2, -0.15) is 8.78 Å². The Morgan fingerprint density at radius 2 is 1.88 bits per heavy atom. The molecule has 1 fully saturated rings. The topological polar surface area (TPSA) is 41.1 Å². The maximum atomic E-state index is 12.4. The first-order valence-corrected chi connectivity index (χ1v) is 5.12. The Labute approximate surface area is 90.6 Å². The van der Waals surface area contributed by atoms with Gasteiger partial charge in [0, 0.05) is 6.04 Å². The summed E-state index contributed by atoms with van der Waals surface area (Å²) in [4.78, 5) is 11.1. The third-order valence-corrected chi connectivity index (χ3v) is 2.49. The molecule has 0 aliphatic heterocycles. The van der Waals surface area contributed by atoms with Gasteiger partial charge in [0.05, 0.1) is 6.54 Å². The number of alkyl halides is 4. The van der Waals surface area contributed by atoms with Gasteiger partial charge in [-0.25, -0.2) is 13.6 Å². The van der Waals surface area contributed by atoms with Crippen LogP contribution in [0.2, 0.25) is 0 Å². The van der Waals surface area contributed by atoms with Crippen molar-refractivity contribution in [2.75, 3.05) is 6.54 Å². The summed E-state index contributed by atoms with van der Waals surface area (Å²) in [5, 5.41) is 4.21. The first-order valence-electron chi connectivity index (χ1n) is 5.12. The molecule has 0 saturated heterocycles. The molecule has 16 heavy (non-hydrogen) atoms. The van der Waals surface area contributed by atoms with Gasteiger partial charge in [0.15, 0.2) is 0 Å². The van der Waals surface area contributed by atoms with E-state index in [1.807, 2.05) is 0 Å². The molecule has 1 rings (SSSR count). The molecule has 0 aromatic rings. The average molecular weight is 242 g/mol. The third-order valence-electron chi connectivity index (χ3n) is 2.49. The zero-order valence-corrected chi connectivity index (χ0v) is 8.61. The molecule has 0 bridgehead atoms. The highest BCUT2D eigenvalue weighted by Gasteiger charge is 2.40. The van der Waals surface area contributed by atoms with E-state index in [9.17, 15) is 22.4 Å². The highest BCUT2D eigenvalue weighted by Crippen LogP contribution is 2.21. The van der Waals surface area contributed by atoms with Crippen molar-refractivity contribution in [3.05, 3.63) is 0 Å². The zero-order chi connectivity index (χ0) is 12.2. The minimum atomic E-state index is -4.17. The molecule has 0 aromatic carbocycles. The number of urea groups is 1. The van der Waals surface area contributed by atoms with Crippen LogP contribution in [0.4, 0.5) is 22.4 Å². The van der Waals surface area contributed by atoms with Crippen molar-refractivity contribution in [2.24, 2.45) is 0 Å². The van der Waals surface area contributed by atoms with Crippen molar-refractivity contribution in [1.82, 2.24) is 10.6 Å². The van der Waals surface area contributed by atoms with E-state index in [0.29, 0.717) is 0 Å². The molecule has 7 heteroatoms. The molecule has 0 atom stereocenters. The minimum absolute atomic E-state index is 0.0276. The van der Waals surface area contributed by atoms with Gasteiger partial charge in [-0.3, -0.25) is 0 Å². The summed E-state index contributed by atoms with van der Waals surface area (Å²) in [6.07, 6.45) is -0.188. The number of halogens is 4. The van der Waals surface area contributed by atoms with Crippen LogP contribution in [0, 0.1) is 0 Å². The fraction of sp³-hybridized carbons (Fsp3) is 0.889. The van der Waals surface area contributed by atoms with Crippen LogP contribution in [-0.2, 0) is 0 Å². The fourth-order valence-corrected chi connectivity index (χ4v) is 1.58. The largest absolute Gasteiger partial charge is 0.335 e. The van der Waals surface area contributed by atoms with Crippen LogP contribution in [0.25, 0.3) is 0 Å².